The van der Waals surface area contributed by atoms with E-state index in [-0.39, 0.29) is 12.4 Å². The van der Waals surface area contributed by atoms with Gasteiger partial charge in [-0.15, -0.1) is 12.4 Å². The van der Waals surface area contributed by atoms with E-state index in [2.05, 4.69) is 5.32 Å². The SMILES string of the molecule is CNc1ccc(F)c([N+](=O)[O-])c1.Cl. The number of nitrogens with zero attached hydrogens (tertiary/aromatic N) is 1. The molecule has 0 amide bonds. The molecule has 0 aliphatic heterocycles. The molecule has 72 valence electrons. The summed E-state index contributed by atoms with van der Waals surface area (Å²) in [6, 6.07) is 3.64. The molecule has 0 aliphatic rings. The van der Waals surface area contributed by atoms with Crippen LogP contribution in [0.3, 0.4) is 0 Å². The lowest BCUT2D eigenvalue weighted by Crippen LogP contribution is -1.94. The molecule has 0 saturated heterocycles. The van der Waals surface area contributed by atoms with Gasteiger partial charge in [-0.3, -0.25) is 10.1 Å². The number of nitro groups is 1. The molecule has 0 spiro atoms. The summed E-state index contributed by atoms with van der Waals surface area (Å²) in [5.41, 5.74) is 0.00458. The highest BCUT2D eigenvalue weighted by molar-refractivity contribution is 5.85. The second-order valence-corrected chi connectivity index (χ2v) is 2.17. The van der Waals surface area contributed by atoms with Crippen LogP contribution in [0, 0.1) is 15.9 Å². The molecule has 0 radical (unpaired) electrons. The molecule has 0 fully saturated rings. The van der Waals surface area contributed by atoms with E-state index in [0.717, 1.165) is 12.1 Å². The van der Waals surface area contributed by atoms with Gasteiger partial charge in [-0.2, -0.15) is 4.39 Å². The first kappa shape index (κ1) is 11.6. The minimum Gasteiger partial charge on any atom is -0.388 e. The number of rotatable bonds is 2. The number of halogens is 2. The fourth-order valence-corrected chi connectivity index (χ4v) is 0.808. The van der Waals surface area contributed by atoms with Crippen molar-refractivity contribution in [3.63, 3.8) is 0 Å². The van der Waals surface area contributed by atoms with E-state index in [9.17, 15) is 14.5 Å². The molecule has 0 heterocycles. The van der Waals surface area contributed by atoms with Gasteiger partial charge in [0.2, 0.25) is 5.82 Å². The largest absolute Gasteiger partial charge is 0.388 e. The summed E-state index contributed by atoms with van der Waals surface area (Å²) in [4.78, 5) is 9.47. The van der Waals surface area contributed by atoms with E-state index < -0.39 is 16.4 Å². The lowest BCUT2D eigenvalue weighted by molar-refractivity contribution is -0.387. The molecule has 0 bridgehead atoms. The third-order valence-electron chi connectivity index (χ3n) is 1.43. The first-order valence-electron chi connectivity index (χ1n) is 3.27. The Morgan fingerprint density at radius 3 is 2.62 bits per heavy atom. The van der Waals surface area contributed by atoms with Crippen molar-refractivity contribution in [1.29, 1.82) is 0 Å². The molecule has 1 aromatic rings. The Bertz CT molecular complexity index is 319. The molecule has 0 atom stereocenters. The topological polar surface area (TPSA) is 55.2 Å². The summed E-state index contributed by atoms with van der Waals surface area (Å²) in [5.74, 6) is -0.820. The molecular formula is C7H8ClFN2O2. The van der Waals surface area contributed by atoms with Crippen LogP contribution in [0.25, 0.3) is 0 Å². The predicted molar refractivity (Wildman–Crippen MR) is 49.8 cm³/mol. The van der Waals surface area contributed by atoms with Crippen LogP contribution < -0.4 is 5.32 Å². The minimum absolute atomic E-state index is 0. The average Bonchev–Trinajstić information content (AvgIpc) is 2.05. The van der Waals surface area contributed by atoms with Gasteiger partial charge < -0.3 is 5.32 Å². The molecule has 6 heteroatoms. The lowest BCUT2D eigenvalue weighted by atomic mass is 10.3. The Morgan fingerprint density at radius 2 is 2.15 bits per heavy atom. The third kappa shape index (κ3) is 2.55. The summed E-state index contributed by atoms with van der Waals surface area (Å²) < 4.78 is 12.7. The normalized spacial score (nSPS) is 8.77. The Balaban J connectivity index is 0.00000144. The fourth-order valence-electron chi connectivity index (χ4n) is 0.808. The maximum absolute atomic E-state index is 12.7. The molecule has 1 aromatic carbocycles. The summed E-state index contributed by atoms with van der Waals surface area (Å²) in [5, 5.41) is 12.9. The molecule has 0 unspecified atom stereocenters. The molecule has 13 heavy (non-hydrogen) atoms. The zero-order valence-electron chi connectivity index (χ0n) is 6.78. The highest BCUT2D eigenvalue weighted by atomic mass is 35.5. The van der Waals surface area contributed by atoms with Crippen LogP contribution in [0.2, 0.25) is 0 Å². The Kier molecular flexibility index (Phi) is 4.13. The molecule has 0 saturated carbocycles. The van der Waals surface area contributed by atoms with Crippen LogP contribution in [0.15, 0.2) is 18.2 Å². The van der Waals surface area contributed by atoms with E-state index in [1.54, 1.807) is 7.05 Å². The Labute approximate surface area is 80.3 Å². The summed E-state index contributed by atoms with van der Waals surface area (Å²) in [6.07, 6.45) is 0. The van der Waals surface area contributed by atoms with Crippen molar-refractivity contribution in [2.45, 2.75) is 0 Å². The third-order valence-corrected chi connectivity index (χ3v) is 1.43. The zero-order valence-corrected chi connectivity index (χ0v) is 7.60. The van der Waals surface area contributed by atoms with Crippen molar-refractivity contribution >= 4 is 23.8 Å². The smallest absolute Gasteiger partial charge is 0.306 e. The maximum Gasteiger partial charge on any atom is 0.306 e. The highest BCUT2D eigenvalue weighted by Crippen LogP contribution is 2.20. The van der Waals surface area contributed by atoms with Crippen molar-refractivity contribution in [2.75, 3.05) is 12.4 Å². The van der Waals surface area contributed by atoms with Crippen molar-refractivity contribution in [3.8, 4) is 0 Å². The molecule has 4 nitrogen and oxygen atoms in total. The van der Waals surface area contributed by atoms with E-state index >= 15 is 0 Å². The Morgan fingerprint density at radius 1 is 1.54 bits per heavy atom. The first-order chi connectivity index (χ1) is 5.65. The monoisotopic (exact) mass is 206 g/mol. The van der Waals surface area contributed by atoms with E-state index in [4.69, 9.17) is 0 Å². The number of anilines is 1. The van der Waals surface area contributed by atoms with Crippen LogP contribution in [-0.2, 0) is 0 Å². The van der Waals surface area contributed by atoms with Crippen molar-refractivity contribution in [1.82, 2.24) is 0 Å². The molecule has 1 rings (SSSR count). The van der Waals surface area contributed by atoms with Gasteiger partial charge in [-0.1, -0.05) is 0 Å². The second-order valence-electron chi connectivity index (χ2n) is 2.17. The van der Waals surface area contributed by atoms with Crippen LogP contribution >= 0.6 is 12.4 Å². The van der Waals surface area contributed by atoms with Crippen molar-refractivity contribution < 1.29 is 9.31 Å². The van der Waals surface area contributed by atoms with Crippen LogP contribution in [0.4, 0.5) is 15.8 Å². The quantitative estimate of drug-likeness (QED) is 0.596. The van der Waals surface area contributed by atoms with Gasteiger partial charge in [0, 0.05) is 18.8 Å². The Hall–Kier alpha value is -1.36. The van der Waals surface area contributed by atoms with Crippen molar-refractivity contribution in [3.05, 3.63) is 34.1 Å². The van der Waals surface area contributed by atoms with Gasteiger partial charge in [0.25, 0.3) is 0 Å². The number of hydrogen-bond donors (Lipinski definition) is 1. The van der Waals surface area contributed by atoms with Gasteiger partial charge in [-0.25, -0.2) is 0 Å². The number of benzene rings is 1. The van der Waals surface area contributed by atoms with Crippen LogP contribution in [0.1, 0.15) is 0 Å². The fraction of sp³-hybridized carbons (Fsp3) is 0.143. The minimum atomic E-state index is -0.820. The summed E-state index contributed by atoms with van der Waals surface area (Å²) in [7, 11) is 1.61. The van der Waals surface area contributed by atoms with Gasteiger partial charge in [0.05, 0.1) is 4.92 Å². The molecule has 0 aliphatic carbocycles. The second kappa shape index (κ2) is 4.61. The molecule has 1 N–H and O–H groups in total. The predicted octanol–water partition coefficient (Wildman–Crippen LogP) is 2.20. The van der Waals surface area contributed by atoms with Gasteiger partial charge in [0.15, 0.2) is 0 Å². The van der Waals surface area contributed by atoms with Gasteiger partial charge >= 0.3 is 5.69 Å². The molecular weight excluding hydrogens is 199 g/mol. The van der Waals surface area contributed by atoms with E-state index in [1.165, 1.54) is 6.07 Å². The number of nitro benzene ring substituents is 1. The van der Waals surface area contributed by atoms with Gasteiger partial charge in [0.1, 0.15) is 0 Å². The standard InChI is InChI=1S/C7H7FN2O2.ClH/c1-9-5-2-3-6(8)7(4-5)10(11)12;/h2-4,9H,1H3;1H. The van der Waals surface area contributed by atoms with Crippen molar-refractivity contribution in [2.24, 2.45) is 0 Å². The lowest BCUT2D eigenvalue weighted by Gasteiger charge is -1.98. The first-order valence-corrected chi connectivity index (χ1v) is 3.27. The number of nitrogens with one attached hydrogen (secondary N) is 1. The maximum atomic E-state index is 12.7. The van der Waals surface area contributed by atoms with Gasteiger partial charge in [-0.05, 0) is 12.1 Å². The molecule has 0 aromatic heterocycles. The van der Waals surface area contributed by atoms with Crippen LogP contribution in [-0.4, -0.2) is 12.0 Å². The average molecular weight is 207 g/mol. The highest BCUT2D eigenvalue weighted by Gasteiger charge is 2.13. The summed E-state index contributed by atoms with van der Waals surface area (Å²) >= 11 is 0. The van der Waals surface area contributed by atoms with Crippen LogP contribution in [0.5, 0.6) is 0 Å². The van der Waals surface area contributed by atoms with E-state index in [1.807, 2.05) is 0 Å². The van der Waals surface area contributed by atoms with E-state index in [0.29, 0.717) is 5.69 Å². The number of hydrogen-bond acceptors (Lipinski definition) is 3. The zero-order chi connectivity index (χ0) is 9.14. The summed E-state index contributed by atoms with van der Waals surface area (Å²) in [6.45, 7) is 0.